The molecule has 2 aromatic rings. The predicted octanol–water partition coefficient (Wildman–Crippen LogP) is 5.93. The molecule has 0 saturated heterocycles. The number of aromatic nitrogens is 1. The Morgan fingerprint density at radius 3 is 2.64 bits per heavy atom. The zero-order valence-corrected chi connectivity index (χ0v) is 16.3. The van der Waals surface area contributed by atoms with Crippen molar-refractivity contribution in [2.45, 2.75) is 43.9 Å². The number of aromatic amines is 1. The van der Waals surface area contributed by atoms with Crippen LogP contribution < -0.4 is 5.56 Å². The number of nitrogens with one attached hydrogen (secondary N) is 1. The smallest absolute Gasteiger partial charge is 0.251 e. The predicted molar refractivity (Wildman–Crippen MR) is 109 cm³/mol. The fraction of sp³-hybridized carbons (Fsp3) is 0.381. The number of thioether (sulfide) groups is 1. The maximum atomic E-state index is 12.3. The summed E-state index contributed by atoms with van der Waals surface area (Å²) in [4.78, 5) is 16.4. The molecule has 1 aromatic carbocycles. The lowest BCUT2D eigenvalue weighted by Gasteiger charge is -2.13. The summed E-state index contributed by atoms with van der Waals surface area (Å²) in [5.41, 5.74) is 3.85. The second kappa shape index (κ2) is 8.29. The molecular formula is C21H24ClNOS. The molecule has 0 spiro atoms. The van der Waals surface area contributed by atoms with Crippen LogP contribution in [0.4, 0.5) is 0 Å². The minimum Gasteiger partial charge on any atom is -0.322 e. The first-order chi connectivity index (χ1) is 12.1. The largest absolute Gasteiger partial charge is 0.322 e. The van der Waals surface area contributed by atoms with E-state index in [4.69, 9.17) is 11.6 Å². The van der Waals surface area contributed by atoms with Crippen molar-refractivity contribution in [3.05, 3.63) is 68.6 Å². The van der Waals surface area contributed by atoms with E-state index in [1.54, 1.807) is 11.8 Å². The van der Waals surface area contributed by atoms with Crippen molar-refractivity contribution < 1.29 is 0 Å². The van der Waals surface area contributed by atoms with E-state index in [1.165, 1.54) is 25.7 Å². The van der Waals surface area contributed by atoms with Gasteiger partial charge in [0.1, 0.15) is 0 Å². The van der Waals surface area contributed by atoms with Gasteiger partial charge in [-0.25, -0.2) is 0 Å². The fourth-order valence-electron chi connectivity index (χ4n) is 3.47. The topological polar surface area (TPSA) is 32.9 Å². The summed E-state index contributed by atoms with van der Waals surface area (Å²) in [6.07, 6.45) is 10.1. The molecule has 3 rings (SSSR count). The number of H-pyrrole nitrogens is 1. The van der Waals surface area contributed by atoms with Crippen LogP contribution in [-0.4, -0.2) is 11.2 Å². The number of rotatable bonds is 5. The maximum Gasteiger partial charge on any atom is 0.251 e. The summed E-state index contributed by atoms with van der Waals surface area (Å²) in [5, 5.41) is 0.759. The van der Waals surface area contributed by atoms with Crippen molar-refractivity contribution in [2.75, 3.05) is 6.26 Å². The highest BCUT2D eigenvalue weighted by Crippen LogP contribution is 2.34. The molecule has 25 heavy (non-hydrogen) atoms. The zero-order chi connectivity index (χ0) is 17.8. The summed E-state index contributed by atoms with van der Waals surface area (Å²) in [7, 11) is 0. The Bertz CT molecular complexity index is 834. The molecule has 132 valence electrons. The lowest BCUT2D eigenvalue weighted by atomic mass is 9.95. The van der Waals surface area contributed by atoms with E-state index >= 15 is 0 Å². The molecule has 1 N–H and O–H groups in total. The van der Waals surface area contributed by atoms with Gasteiger partial charge in [0.15, 0.2) is 0 Å². The third-order valence-corrected chi connectivity index (χ3v) is 6.15. The monoisotopic (exact) mass is 373 g/mol. The lowest BCUT2D eigenvalue weighted by molar-refractivity contribution is 0.687. The molecule has 1 aliphatic carbocycles. The first-order valence-electron chi connectivity index (χ1n) is 8.90. The lowest BCUT2D eigenvalue weighted by Crippen LogP contribution is -2.13. The number of hydrogen-bond donors (Lipinski definition) is 1. The highest BCUT2D eigenvalue weighted by molar-refractivity contribution is 7.98. The average Bonchev–Trinajstić information content (AvgIpc) is 3.13. The molecule has 1 aromatic heterocycles. The molecule has 0 unspecified atom stereocenters. The third-order valence-electron chi connectivity index (χ3n) is 4.93. The SMILES string of the molecule is CCc1ccc(/C(=C/C2CCCC2)c2ccc(SC)c(Cl)c2)[nH]c1=O. The van der Waals surface area contributed by atoms with E-state index in [0.717, 1.165) is 38.7 Å². The molecule has 1 fully saturated rings. The minimum atomic E-state index is 0.00385. The Hall–Kier alpha value is -1.45. The quantitative estimate of drug-likeness (QED) is 0.658. The molecular weight excluding hydrogens is 350 g/mol. The number of pyridine rings is 1. The van der Waals surface area contributed by atoms with E-state index in [-0.39, 0.29) is 5.56 Å². The molecule has 0 atom stereocenters. The van der Waals surface area contributed by atoms with E-state index < -0.39 is 0 Å². The summed E-state index contributed by atoms with van der Waals surface area (Å²) in [6.45, 7) is 2.00. The zero-order valence-electron chi connectivity index (χ0n) is 14.8. The molecule has 1 saturated carbocycles. The first-order valence-corrected chi connectivity index (χ1v) is 10.5. The normalized spacial score (nSPS) is 15.7. The number of benzene rings is 1. The highest BCUT2D eigenvalue weighted by atomic mass is 35.5. The van der Waals surface area contributed by atoms with Crippen molar-refractivity contribution >= 4 is 28.9 Å². The molecule has 1 aliphatic rings. The Morgan fingerprint density at radius 2 is 2.04 bits per heavy atom. The van der Waals surface area contributed by atoms with E-state index in [2.05, 4.69) is 23.2 Å². The summed E-state index contributed by atoms with van der Waals surface area (Å²) < 4.78 is 0. The number of halogens is 1. The van der Waals surface area contributed by atoms with Gasteiger partial charge in [-0.1, -0.05) is 49.6 Å². The average molecular weight is 374 g/mol. The molecule has 2 nitrogen and oxygen atoms in total. The van der Waals surface area contributed by atoms with Crippen LogP contribution >= 0.6 is 23.4 Å². The second-order valence-electron chi connectivity index (χ2n) is 6.55. The van der Waals surface area contributed by atoms with Crippen LogP contribution in [-0.2, 0) is 6.42 Å². The van der Waals surface area contributed by atoms with Gasteiger partial charge in [0, 0.05) is 21.7 Å². The minimum absolute atomic E-state index is 0.00385. The Balaban J connectivity index is 2.08. The van der Waals surface area contributed by atoms with Crippen LogP contribution in [0.5, 0.6) is 0 Å². The molecule has 0 amide bonds. The third kappa shape index (κ3) is 4.21. The van der Waals surface area contributed by atoms with Crippen LogP contribution in [0, 0.1) is 5.92 Å². The Labute approximate surface area is 158 Å². The maximum absolute atomic E-state index is 12.3. The van der Waals surface area contributed by atoms with Gasteiger partial charge in [0.2, 0.25) is 0 Å². The van der Waals surface area contributed by atoms with E-state index in [1.807, 2.05) is 31.4 Å². The molecule has 4 heteroatoms. The standard InChI is InChI=1S/C21H24ClNOS/c1-3-15-8-10-19(23-21(15)24)17(12-14-6-4-5-7-14)16-9-11-20(25-2)18(22)13-16/h8-14H,3-7H2,1-2H3,(H,23,24)/b17-12+. The van der Waals surface area contributed by atoms with Gasteiger partial charge < -0.3 is 4.98 Å². The van der Waals surface area contributed by atoms with Gasteiger partial charge in [-0.2, -0.15) is 0 Å². The molecule has 0 aliphatic heterocycles. The summed E-state index contributed by atoms with van der Waals surface area (Å²) >= 11 is 8.08. The van der Waals surface area contributed by atoms with Gasteiger partial charge in [-0.05, 0) is 55.2 Å². The van der Waals surface area contributed by atoms with Crippen molar-refractivity contribution in [2.24, 2.45) is 5.92 Å². The van der Waals surface area contributed by atoms with Crippen molar-refractivity contribution in [1.82, 2.24) is 4.98 Å². The van der Waals surface area contributed by atoms with Gasteiger partial charge in [-0.3, -0.25) is 4.79 Å². The second-order valence-corrected chi connectivity index (χ2v) is 7.81. The van der Waals surface area contributed by atoms with Crippen LogP contribution in [0.3, 0.4) is 0 Å². The Morgan fingerprint density at radius 1 is 1.28 bits per heavy atom. The van der Waals surface area contributed by atoms with Crippen molar-refractivity contribution in [1.29, 1.82) is 0 Å². The molecule has 1 heterocycles. The molecule has 0 radical (unpaired) electrons. The number of hydrogen-bond acceptors (Lipinski definition) is 2. The van der Waals surface area contributed by atoms with E-state index in [0.29, 0.717) is 5.92 Å². The highest BCUT2D eigenvalue weighted by Gasteiger charge is 2.16. The summed E-state index contributed by atoms with van der Waals surface area (Å²) in [5.74, 6) is 0.573. The number of aryl methyl sites for hydroxylation is 1. The van der Waals surface area contributed by atoms with Gasteiger partial charge in [0.05, 0.1) is 5.02 Å². The Kier molecular flexibility index (Phi) is 6.08. The first kappa shape index (κ1) is 18.3. The van der Waals surface area contributed by atoms with Crippen LogP contribution in [0.25, 0.3) is 5.57 Å². The van der Waals surface area contributed by atoms with Gasteiger partial charge in [0.25, 0.3) is 5.56 Å². The summed E-state index contributed by atoms with van der Waals surface area (Å²) in [6, 6.07) is 10.1. The van der Waals surface area contributed by atoms with Gasteiger partial charge in [-0.15, -0.1) is 11.8 Å². The van der Waals surface area contributed by atoms with Crippen molar-refractivity contribution in [3.8, 4) is 0 Å². The molecule has 0 bridgehead atoms. The van der Waals surface area contributed by atoms with Crippen LogP contribution in [0.2, 0.25) is 5.02 Å². The van der Waals surface area contributed by atoms with E-state index in [9.17, 15) is 4.79 Å². The van der Waals surface area contributed by atoms with Crippen LogP contribution in [0.15, 0.2) is 46.1 Å². The van der Waals surface area contributed by atoms with Crippen LogP contribution in [0.1, 0.15) is 49.4 Å². The number of allylic oxidation sites excluding steroid dienone is 1. The fourth-order valence-corrected chi connectivity index (χ4v) is 4.34. The van der Waals surface area contributed by atoms with Gasteiger partial charge >= 0.3 is 0 Å². The van der Waals surface area contributed by atoms with Crippen molar-refractivity contribution in [3.63, 3.8) is 0 Å².